The summed E-state index contributed by atoms with van der Waals surface area (Å²) in [5.74, 6) is -3.50. The highest BCUT2D eigenvalue weighted by Gasteiger charge is 2.25. The molecular formula is C11H12N2O6. The van der Waals surface area contributed by atoms with Crippen molar-refractivity contribution >= 4 is 17.8 Å². The lowest BCUT2D eigenvalue weighted by Gasteiger charge is -2.13. The first-order valence-corrected chi connectivity index (χ1v) is 5.20. The molecule has 0 aliphatic rings. The summed E-state index contributed by atoms with van der Waals surface area (Å²) in [4.78, 5) is 37.0. The van der Waals surface area contributed by atoms with Gasteiger partial charge in [0.25, 0.3) is 5.91 Å². The predicted octanol–water partition coefficient (Wildman–Crippen LogP) is -0.252. The van der Waals surface area contributed by atoms with Gasteiger partial charge in [-0.25, -0.2) is 9.78 Å². The molecule has 0 aromatic carbocycles. The smallest absolute Gasteiger partial charge is 0.326 e. The van der Waals surface area contributed by atoms with Gasteiger partial charge >= 0.3 is 11.9 Å². The molecule has 1 aromatic heterocycles. The molecule has 0 saturated heterocycles. The van der Waals surface area contributed by atoms with Crippen molar-refractivity contribution in [1.82, 2.24) is 10.3 Å². The number of rotatable bonds is 6. The van der Waals surface area contributed by atoms with Crippen molar-refractivity contribution in [3.8, 4) is 5.88 Å². The van der Waals surface area contributed by atoms with Crippen LogP contribution in [0.4, 0.5) is 0 Å². The molecule has 0 aliphatic carbocycles. The number of nitrogens with one attached hydrogen (secondary N) is 1. The highest BCUT2D eigenvalue weighted by Crippen LogP contribution is 2.13. The van der Waals surface area contributed by atoms with E-state index in [1.165, 1.54) is 25.4 Å². The molecule has 1 amide bonds. The first kappa shape index (κ1) is 14.4. The van der Waals surface area contributed by atoms with Crippen LogP contribution in [0.25, 0.3) is 0 Å². The van der Waals surface area contributed by atoms with Gasteiger partial charge in [0.2, 0.25) is 5.88 Å². The summed E-state index contributed by atoms with van der Waals surface area (Å²) >= 11 is 0. The summed E-state index contributed by atoms with van der Waals surface area (Å²) in [6.45, 7) is 0. The normalized spacial score (nSPS) is 11.4. The first-order chi connectivity index (χ1) is 8.95. The molecule has 3 N–H and O–H groups in total. The van der Waals surface area contributed by atoms with Gasteiger partial charge in [0, 0.05) is 6.20 Å². The van der Waals surface area contributed by atoms with Crippen LogP contribution in [0.1, 0.15) is 16.8 Å². The molecule has 0 spiro atoms. The molecule has 0 unspecified atom stereocenters. The second kappa shape index (κ2) is 6.34. The average molecular weight is 268 g/mol. The van der Waals surface area contributed by atoms with E-state index in [2.05, 4.69) is 10.3 Å². The zero-order valence-electron chi connectivity index (χ0n) is 9.99. The van der Waals surface area contributed by atoms with Crippen LogP contribution in [0.5, 0.6) is 5.88 Å². The van der Waals surface area contributed by atoms with E-state index in [0.29, 0.717) is 0 Å². The van der Waals surface area contributed by atoms with Crippen LogP contribution in [0.3, 0.4) is 0 Å². The van der Waals surface area contributed by atoms with Crippen molar-refractivity contribution in [2.24, 2.45) is 0 Å². The van der Waals surface area contributed by atoms with Crippen molar-refractivity contribution in [1.29, 1.82) is 0 Å². The molecule has 102 valence electrons. The van der Waals surface area contributed by atoms with Crippen LogP contribution in [0.2, 0.25) is 0 Å². The van der Waals surface area contributed by atoms with E-state index in [1.54, 1.807) is 0 Å². The summed E-state index contributed by atoms with van der Waals surface area (Å²) in [5.41, 5.74) is 0.0293. The lowest BCUT2D eigenvalue weighted by atomic mass is 10.2. The number of hydrogen-bond acceptors (Lipinski definition) is 5. The fourth-order valence-corrected chi connectivity index (χ4v) is 1.34. The number of hydrogen-bond donors (Lipinski definition) is 3. The van der Waals surface area contributed by atoms with Crippen LogP contribution < -0.4 is 10.1 Å². The molecule has 8 nitrogen and oxygen atoms in total. The van der Waals surface area contributed by atoms with Gasteiger partial charge < -0.3 is 20.3 Å². The molecule has 0 bridgehead atoms. The standard InChI is InChI=1S/C11H12N2O6/c1-19-10-6(3-2-4-12-10)9(16)13-7(11(17)18)5-8(14)15/h2-4,7H,5H2,1H3,(H,13,16)(H,14,15)(H,17,18)/t7-/m1/s1. The van der Waals surface area contributed by atoms with Crippen molar-refractivity contribution in [2.75, 3.05) is 7.11 Å². The van der Waals surface area contributed by atoms with Crippen LogP contribution in [-0.4, -0.2) is 46.2 Å². The molecule has 0 saturated carbocycles. The maximum Gasteiger partial charge on any atom is 0.326 e. The maximum absolute atomic E-state index is 11.8. The number of carboxylic acids is 2. The van der Waals surface area contributed by atoms with Crippen molar-refractivity contribution in [3.63, 3.8) is 0 Å². The second-order valence-electron chi connectivity index (χ2n) is 3.52. The molecule has 19 heavy (non-hydrogen) atoms. The second-order valence-corrected chi connectivity index (χ2v) is 3.52. The van der Waals surface area contributed by atoms with Crippen molar-refractivity contribution < 1.29 is 29.3 Å². The summed E-state index contributed by atoms with van der Waals surface area (Å²) in [6.07, 6.45) is 0.686. The van der Waals surface area contributed by atoms with Crippen molar-refractivity contribution in [2.45, 2.75) is 12.5 Å². The molecule has 1 rings (SSSR count). The fourth-order valence-electron chi connectivity index (χ4n) is 1.34. The largest absolute Gasteiger partial charge is 0.481 e. The third kappa shape index (κ3) is 3.95. The van der Waals surface area contributed by atoms with Gasteiger partial charge in [-0.3, -0.25) is 9.59 Å². The van der Waals surface area contributed by atoms with Crippen LogP contribution in [0.15, 0.2) is 18.3 Å². The van der Waals surface area contributed by atoms with Gasteiger partial charge in [-0.05, 0) is 12.1 Å². The predicted molar refractivity (Wildman–Crippen MR) is 61.9 cm³/mol. The number of amides is 1. The summed E-state index contributed by atoms with van der Waals surface area (Å²) in [5, 5.41) is 19.5. The SMILES string of the molecule is COc1ncccc1C(=O)N[C@H](CC(=O)O)C(=O)O. The Bertz CT molecular complexity index is 502. The van der Waals surface area contributed by atoms with E-state index in [1.807, 2.05) is 0 Å². The molecule has 1 atom stereocenters. The molecule has 0 radical (unpaired) electrons. The van der Waals surface area contributed by atoms with Gasteiger partial charge in [0.15, 0.2) is 0 Å². The molecular weight excluding hydrogens is 256 g/mol. The fraction of sp³-hybridized carbons (Fsp3) is 0.273. The highest BCUT2D eigenvalue weighted by molar-refractivity contribution is 5.99. The molecule has 1 aromatic rings. The molecule has 1 heterocycles. The monoisotopic (exact) mass is 268 g/mol. The van der Waals surface area contributed by atoms with E-state index in [4.69, 9.17) is 14.9 Å². The Hall–Kier alpha value is -2.64. The topological polar surface area (TPSA) is 126 Å². The molecule has 0 aliphatic heterocycles. The lowest BCUT2D eigenvalue weighted by molar-refractivity contribution is -0.145. The Labute approximate surface area is 108 Å². The van der Waals surface area contributed by atoms with Gasteiger partial charge in [-0.15, -0.1) is 0 Å². The minimum Gasteiger partial charge on any atom is -0.481 e. The molecule has 0 fully saturated rings. The summed E-state index contributed by atoms with van der Waals surface area (Å²) in [6, 6.07) is 1.35. The average Bonchev–Trinajstić information content (AvgIpc) is 2.37. The van der Waals surface area contributed by atoms with Gasteiger partial charge in [0.05, 0.1) is 13.5 Å². The molecule has 8 heteroatoms. The minimum absolute atomic E-state index is 0.0273. The Morgan fingerprint density at radius 1 is 1.42 bits per heavy atom. The van der Waals surface area contributed by atoms with Gasteiger partial charge in [-0.2, -0.15) is 0 Å². The number of ether oxygens (including phenoxy) is 1. The summed E-state index contributed by atoms with van der Waals surface area (Å²) in [7, 11) is 1.31. The van der Waals surface area contributed by atoms with E-state index in [-0.39, 0.29) is 11.4 Å². The van der Waals surface area contributed by atoms with E-state index in [0.717, 1.165) is 0 Å². The van der Waals surface area contributed by atoms with E-state index < -0.39 is 30.3 Å². The summed E-state index contributed by atoms with van der Waals surface area (Å²) < 4.78 is 4.85. The minimum atomic E-state index is -1.52. The number of nitrogens with zero attached hydrogens (tertiary/aromatic N) is 1. The third-order valence-corrected chi connectivity index (χ3v) is 2.19. The Balaban J connectivity index is 2.87. The number of carbonyl (C=O) groups excluding carboxylic acids is 1. The van der Waals surface area contributed by atoms with Gasteiger partial charge in [0.1, 0.15) is 11.6 Å². The van der Waals surface area contributed by atoms with Crippen LogP contribution in [0, 0.1) is 0 Å². The number of aliphatic carboxylic acids is 2. The Kier molecular flexibility index (Phi) is 4.81. The Morgan fingerprint density at radius 2 is 2.11 bits per heavy atom. The lowest BCUT2D eigenvalue weighted by Crippen LogP contribution is -2.42. The first-order valence-electron chi connectivity index (χ1n) is 5.20. The number of carbonyl (C=O) groups is 3. The quantitative estimate of drug-likeness (QED) is 0.649. The zero-order valence-corrected chi connectivity index (χ0v) is 9.99. The van der Waals surface area contributed by atoms with Crippen LogP contribution in [-0.2, 0) is 9.59 Å². The highest BCUT2D eigenvalue weighted by atomic mass is 16.5. The number of methoxy groups -OCH3 is 1. The van der Waals surface area contributed by atoms with E-state index >= 15 is 0 Å². The van der Waals surface area contributed by atoms with Crippen LogP contribution >= 0.6 is 0 Å². The maximum atomic E-state index is 11.8. The van der Waals surface area contributed by atoms with Gasteiger partial charge in [-0.1, -0.05) is 0 Å². The van der Waals surface area contributed by atoms with Crippen molar-refractivity contribution in [3.05, 3.63) is 23.9 Å². The number of aromatic nitrogens is 1. The van der Waals surface area contributed by atoms with E-state index in [9.17, 15) is 14.4 Å². The number of pyridine rings is 1. The number of carboxylic acid groups (broad SMARTS) is 2. The third-order valence-electron chi connectivity index (χ3n) is 2.19. The zero-order chi connectivity index (χ0) is 14.4. The Morgan fingerprint density at radius 3 is 2.63 bits per heavy atom.